The van der Waals surface area contributed by atoms with Crippen LogP contribution in [0.5, 0.6) is 0 Å². The number of nitrogens with zero attached hydrogens (tertiary/aromatic N) is 2. The summed E-state index contributed by atoms with van der Waals surface area (Å²) in [5.41, 5.74) is 1.01. The van der Waals surface area contributed by atoms with Crippen molar-refractivity contribution in [2.45, 2.75) is 11.4 Å². The van der Waals surface area contributed by atoms with Crippen LogP contribution < -0.4 is 4.90 Å². The summed E-state index contributed by atoms with van der Waals surface area (Å²) in [6.07, 6.45) is 0. The van der Waals surface area contributed by atoms with E-state index in [9.17, 15) is 14.0 Å². The highest BCUT2D eigenvalue weighted by atomic mass is 32.2. The molecule has 0 bridgehead atoms. The zero-order valence-electron chi connectivity index (χ0n) is 14.2. The van der Waals surface area contributed by atoms with Crippen LogP contribution in [0.4, 0.5) is 14.9 Å². The van der Waals surface area contributed by atoms with Crippen LogP contribution in [0.2, 0.25) is 0 Å². The van der Waals surface area contributed by atoms with Gasteiger partial charge in [-0.1, -0.05) is 54.6 Å². The number of rotatable bonds is 2. The van der Waals surface area contributed by atoms with Crippen LogP contribution in [-0.4, -0.2) is 28.6 Å². The Kier molecular flexibility index (Phi) is 3.68. The Labute approximate surface area is 159 Å². The van der Waals surface area contributed by atoms with Crippen molar-refractivity contribution in [3.8, 4) is 0 Å². The van der Waals surface area contributed by atoms with Crippen molar-refractivity contribution in [3.05, 3.63) is 78.1 Å². The first-order valence-corrected chi connectivity index (χ1v) is 9.72. The minimum atomic E-state index is -0.564. The van der Waals surface area contributed by atoms with Crippen LogP contribution in [0.25, 0.3) is 10.8 Å². The monoisotopic (exact) mass is 378 g/mol. The Morgan fingerprint density at radius 1 is 0.926 bits per heavy atom. The summed E-state index contributed by atoms with van der Waals surface area (Å²) in [4.78, 5) is 29.1. The lowest BCUT2D eigenvalue weighted by Gasteiger charge is -2.23. The minimum Gasteiger partial charge on any atom is -0.295 e. The van der Waals surface area contributed by atoms with Crippen molar-refractivity contribution in [1.29, 1.82) is 0 Å². The van der Waals surface area contributed by atoms with E-state index in [1.165, 1.54) is 27.6 Å². The van der Waals surface area contributed by atoms with Crippen LogP contribution in [0.3, 0.4) is 0 Å². The van der Waals surface area contributed by atoms with Crippen molar-refractivity contribution >= 4 is 40.2 Å². The summed E-state index contributed by atoms with van der Waals surface area (Å²) in [6, 6.07) is 18.7. The quantitative estimate of drug-likeness (QED) is 0.614. The summed E-state index contributed by atoms with van der Waals surface area (Å²) < 4.78 is 14.3. The third kappa shape index (κ3) is 2.36. The van der Waals surface area contributed by atoms with Crippen molar-refractivity contribution in [1.82, 2.24) is 4.90 Å². The number of carbonyl (C=O) groups excluding carboxylic acids is 2. The third-order valence-electron chi connectivity index (χ3n) is 5.10. The van der Waals surface area contributed by atoms with Gasteiger partial charge in [0.05, 0.1) is 5.69 Å². The number of benzene rings is 3. The molecular weight excluding hydrogens is 363 g/mol. The molecule has 0 aliphatic carbocycles. The lowest BCUT2D eigenvalue weighted by molar-refractivity contribution is -0.119. The molecule has 4 nitrogen and oxygen atoms in total. The maximum atomic E-state index is 14.3. The number of halogens is 1. The summed E-state index contributed by atoms with van der Waals surface area (Å²) in [6.45, 7) is 0. The number of imide groups is 1. The van der Waals surface area contributed by atoms with Crippen molar-refractivity contribution in [3.63, 3.8) is 0 Å². The number of thioether (sulfide) groups is 1. The molecule has 3 aromatic rings. The molecule has 2 fully saturated rings. The molecule has 0 radical (unpaired) electrons. The zero-order chi connectivity index (χ0) is 18.5. The van der Waals surface area contributed by atoms with Crippen LogP contribution in [0.1, 0.15) is 10.9 Å². The lowest BCUT2D eigenvalue weighted by atomic mass is 10.1. The zero-order valence-corrected chi connectivity index (χ0v) is 15.0. The first-order chi connectivity index (χ1) is 13.2. The summed E-state index contributed by atoms with van der Waals surface area (Å²) in [5, 5.41) is 1.31. The first-order valence-electron chi connectivity index (χ1n) is 8.67. The summed E-state index contributed by atoms with van der Waals surface area (Å²) >= 11 is 1.43. The van der Waals surface area contributed by atoms with E-state index in [1.54, 1.807) is 24.3 Å². The van der Waals surface area contributed by atoms with Crippen LogP contribution in [0, 0.1) is 5.82 Å². The molecule has 0 unspecified atom stereocenters. The van der Waals surface area contributed by atoms with Gasteiger partial charge in [-0.2, -0.15) is 0 Å². The highest BCUT2D eigenvalue weighted by Crippen LogP contribution is 2.47. The fourth-order valence-electron chi connectivity index (χ4n) is 3.83. The van der Waals surface area contributed by atoms with Crippen LogP contribution in [0.15, 0.2) is 66.7 Å². The molecular formula is C21H15FN2O2S. The van der Waals surface area contributed by atoms with Crippen LogP contribution in [-0.2, 0) is 4.79 Å². The van der Waals surface area contributed by atoms with Gasteiger partial charge in [0.1, 0.15) is 17.2 Å². The molecule has 3 amide bonds. The molecule has 27 heavy (non-hydrogen) atoms. The molecule has 134 valence electrons. The molecule has 0 spiro atoms. The summed E-state index contributed by atoms with van der Waals surface area (Å²) in [7, 11) is 0. The van der Waals surface area contributed by atoms with E-state index in [1.807, 2.05) is 36.4 Å². The van der Waals surface area contributed by atoms with E-state index in [0.717, 1.165) is 10.8 Å². The largest absolute Gasteiger partial charge is 0.333 e. The Morgan fingerprint density at radius 3 is 2.52 bits per heavy atom. The van der Waals surface area contributed by atoms with Gasteiger partial charge in [0.2, 0.25) is 0 Å². The van der Waals surface area contributed by atoms with E-state index in [2.05, 4.69) is 0 Å². The molecule has 0 N–H and O–H groups in total. The molecule has 2 aliphatic rings. The average Bonchev–Trinajstić information content (AvgIpc) is 3.22. The fraction of sp³-hybridized carbons (Fsp3) is 0.143. The molecule has 2 saturated heterocycles. The van der Waals surface area contributed by atoms with E-state index >= 15 is 0 Å². The predicted molar refractivity (Wildman–Crippen MR) is 104 cm³/mol. The second kappa shape index (κ2) is 6.09. The highest BCUT2D eigenvalue weighted by molar-refractivity contribution is 7.99. The highest BCUT2D eigenvalue weighted by Gasteiger charge is 2.53. The molecule has 6 heteroatoms. The second-order valence-electron chi connectivity index (χ2n) is 6.58. The van der Waals surface area contributed by atoms with E-state index in [-0.39, 0.29) is 17.8 Å². The van der Waals surface area contributed by atoms with E-state index in [0.29, 0.717) is 17.0 Å². The maximum absolute atomic E-state index is 14.3. The molecule has 2 heterocycles. The molecule has 2 atom stereocenters. The van der Waals surface area contributed by atoms with Gasteiger partial charge < -0.3 is 0 Å². The minimum absolute atomic E-state index is 0.248. The number of hydrogen-bond donors (Lipinski definition) is 0. The number of carbonyl (C=O) groups is 2. The fourth-order valence-corrected chi connectivity index (χ4v) is 5.27. The number of fused-ring (bicyclic) bond motifs is 2. The Balaban J connectivity index is 1.59. The van der Waals surface area contributed by atoms with Gasteiger partial charge in [0, 0.05) is 16.7 Å². The smallest absolute Gasteiger partial charge is 0.295 e. The standard InChI is InChI=1S/C21H15FN2O2S/c22-16-10-4-3-9-15(16)20-24-18(12-27-20)19(25)23(21(24)26)17-11-5-7-13-6-1-2-8-14(13)17/h1-11,18,20H,12H2/t18-,20-/m1/s1. The molecule has 0 saturated carbocycles. The Bertz CT molecular complexity index is 1080. The molecule has 2 aliphatic heterocycles. The number of hydrogen-bond acceptors (Lipinski definition) is 3. The van der Waals surface area contributed by atoms with Crippen molar-refractivity contribution < 1.29 is 14.0 Å². The van der Waals surface area contributed by atoms with Gasteiger partial charge in [-0.05, 0) is 17.5 Å². The number of anilines is 1. The van der Waals surface area contributed by atoms with Crippen molar-refractivity contribution in [2.24, 2.45) is 0 Å². The van der Waals surface area contributed by atoms with Gasteiger partial charge in [-0.15, -0.1) is 11.8 Å². The van der Waals surface area contributed by atoms with Gasteiger partial charge >= 0.3 is 6.03 Å². The van der Waals surface area contributed by atoms with Crippen molar-refractivity contribution in [2.75, 3.05) is 10.7 Å². The molecule has 5 rings (SSSR count). The van der Waals surface area contributed by atoms with Gasteiger partial charge in [-0.3, -0.25) is 9.69 Å². The van der Waals surface area contributed by atoms with E-state index in [4.69, 9.17) is 0 Å². The lowest BCUT2D eigenvalue weighted by Crippen LogP contribution is -2.34. The first kappa shape index (κ1) is 16.3. The Hall–Kier alpha value is -2.86. The topological polar surface area (TPSA) is 40.6 Å². The normalized spacial score (nSPS) is 22.0. The Morgan fingerprint density at radius 2 is 1.67 bits per heavy atom. The predicted octanol–water partition coefficient (Wildman–Crippen LogP) is 4.56. The van der Waals surface area contributed by atoms with Crippen LogP contribution >= 0.6 is 11.8 Å². The SMILES string of the molecule is O=C1[C@H]2CS[C@H](c3ccccc3F)N2C(=O)N1c1cccc2ccccc12. The van der Waals surface area contributed by atoms with E-state index < -0.39 is 11.4 Å². The maximum Gasteiger partial charge on any atom is 0.333 e. The molecule has 0 aromatic heterocycles. The second-order valence-corrected chi connectivity index (χ2v) is 7.70. The third-order valence-corrected chi connectivity index (χ3v) is 6.40. The number of amides is 3. The van der Waals surface area contributed by atoms with Gasteiger partial charge in [-0.25, -0.2) is 14.1 Å². The molecule has 3 aromatic carbocycles. The van der Waals surface area contributed by atoms with Gasteiger partial charge in [0.25, 0.3) is 5.91 Å². The van der Waals surface area contributed by atoms with Gasteiger partial charge in [0.15, 0.2) is 0 Å². The number of urea groups is 1. The average molecular weight is 378 g/mol. The summed E-state index contributed by atoms with van der Waals surface area (Å²) in [5.74, 6) is -0.146.